The standard InChI is InChI=1S/C26H24N6O/c1-3-18-6-4-7-20(14-18)29-25-24-22(16-27-17-28-24)21-9-8-19(15-23(21)30-25)26(33)32-11-5-10-31(2)12-13-32/h1,4,6-9,14-17H,5,10-13H2,2H3,(H,29,30). The number of aromatic nitrogens is 3. The molecule has 1 aliphatic rings. The zero-order chi connectivity index (χ0) is 22.8. The predicted octanol–water partition coefficient (Wildman–Crippen LogP) is 3.68. The van der Waals surface area contributed by atoms with Crippen LogP contribution in [-0.4, -0.2) is 63.9 Å². The van der Waals surface area contributed by atoms with E-state index in [4.69, 9.17) is 11.4 Å². The van der Waals surface area contributed by atoms with Crippen LogP contribution in [0.15, 0.2) is 55.0 Å². The summed E-state index contributed by atoms with van der Waals surface area (Å²) in [6, 6.07) is 13.3. The quantitative estimate of drug-likeness (QED) is 0.390. The van der Waals surface area contributed by atoms with Crippen LogP contribution in [0.25, 0.3) is 21.8 Å². The van der Waals surface area contributed by atoms with Gasteiger partial charge in [0.05, 0.1) is 5.52 Å². The minimum atomic E-state index is 0.0367. The van der Waals surface area contributed by atoms with Gasteiger partial charge in [-0.15, -0.1) is 6.42 Å². The highest BCUT2D eigenvalue weighted by Gasteiger charge is 2.20. The second kappa shape index (κ2) is 8.85. The van der Waals surface area contributed by atoms with Crippen molar-refractivity contribution in [1.29, 1.82) is 0 Å². The third-order valence-electron chi connectivity index (χ3n) is 6.00. The Bertz CT molecular complexity index is 1390. The first-order valence-electron chi connectivity index (χ1n) is 11.0. The first kappa shape index (κ1) is 20.9. The van der Waals surface area contributed by atoms with Crippen molar-refractivity contribution in [2.24, 2.45) is 0 Å². The number of carbonyl (C=O) groups is 1. The maximum absolute atomic E-state index is 13.2. The van der Waals surface area contributed by atoms with Crippen molar-refractivity contribution in [1.82, 2.24) is 24.8 Å². The van der Waals surface area contributed by atoms with Gasteiger partial charge in [0, 0.05) is 53.4 Å². The normalized spacial score (nSPS) is 14.7. The summed E-state index contributed by atoms with van der Waals surface area (Å²) in [4.78, 5) is 30.9. The fourth-order valence-electron chi connectivity index (χ4n) is 4.22. The molecular formula is C26H24N6O. The zero-order valence-corrected chi connectivity index (χ0v) is 18.5. The van der Waals surface area contributed by atoms with E-state index in [1.54, 1.807) is 6.20 Å². The summed E-state index contributed by atoms with van der Waals surface area (Å²) in [7, 11) is 2.09. The monoisotopic (exact) mass is 436 g/mol. The Labute approximate surface area is 192 Å². The molecule has 0 aliphatic carbocycles. The van der Waals surface area contributed by atoms with Gasteiger partial charge < -0.3 is 15.1 Å². The van der Waals surface area contributed by atoms with Crippen molar-refractivity contribution in [3.63, 3.8) is 0 Å². The molecule has 1 fully saturated rings. The van der Waals surface area contributed by atoms with Crippen LogP contribution in [-0.2, 0) is 0 Å². The molecule has 4 aromatic rings. The van der Waals surface area contributed by atoms with Gasteiger partial charge in [0.2, 0.25) is 0 Å². The van der Waals surface area contributed by atoms with E-state index in [-0.39, 0.29) is 5.91 Å². The molecule has 0 spiro atoms. The van der Waals surface area contributed by atoms with E-state index >= 15 is 0 Å². The molecule has 33 heavy (non-hydrogen) atoms. The molecule has 7 nitrogen and oxygen atoms in total. The predicted molar refractivity (Wildman–Crippen MR) is 131 cm³/mol. The fourth-order valence-corrected chi connectivity index (χ4v) is 4.22. The molecule has 3 heterocycles. The second-order valence-electron chi connectivity index (χ2n) is 8.28. The first-order valence-corrected chi connectivity index (χ1v) is 11.0. The first-order chi connectivity index (χ1) is 16.1. The van der Waals surface area contributed by atoms with Crippen molar-refractivity contribution in [2.45, 2.75) is 6.42 Å². The lowest BCUT2D eigenvalue weighted by Gasteiger charge is -2.21. The number of rotatable bonds is 3. The summed E-state index contributed by atoms with van der Waals surface area (Å²) in [5.74, 6) is 3.28. The maximum Gasteiger partial charge on any atom is 0.253 e. The van der Waals surface area contributed by atoms with Crippen molar-refractivity contribution in [3.8, 4) is 12.3 Å². The zero-order valence-electron chi connectivity index (χ0n) is 18.5. The number of fused-ring (bicyclic) bond motifs is 3. The lowest BCUT2D eigenvalue weighted by atomic mass is 10.1. The summed E-state index contributed by atoms with van der Waals surface area (Å²) in [6.45, 7) is 3.37. The number of amides is 1. The Hall–Kier alpha value is -4.02. The SMILES string of the molecule is C#Cc1cccc(Nc2nc3cc(C(=O)N4CCCN(C)CC4)ccc3c3cncnc23)c1. The van der Waals surface area contributed by atoms with E-state index in [0.717, 1.165) is 54.6 Å². The highest BCUT2D eigenvalue weighted by Crippen LogP contribution is 2.30. The molecule has 7 heteroatoms. The highest BCUT2D eigenvalue weighted by molar-refractivity contribution is 6.10. The summed E-state index contributed by atoms with van der Waals surface area (Å²) < 4.78 is 0. The third-order valence-corrected chi connectivity index (χ3v) is 6.00. The number of hydrogen-bond donors (Lipinski definition) is 1. The van der Waals surface area contributed by atoms with Crippen molar-refractivity contribution in [2.75, 3.05) is 38.5 Å². The number of carbonyl (C=O) groups excluding carboxylic acids is 1. The minimum Gasteiger partial charge on any atom is -0.338 e. The van der Waals surface area contributed by atoms with Gasteiger partial charge in [-0.2, -0.15) is 0 Å². The van der Waals surface area contributed by atoms with Crippen LogP contribution in [0.4, 0.5) is 11.5 Å². The summed E-state index contributed by atoms with van der Waals surface area (Å²) in [6.07, 6.45) is 9.81. The molecule has 1 saturated heterocycles. The number of pyridine rings is 1. The van der Waals surface area contributed by atoms with Crippen LogP contribution >= 0.6 is 0 Å². The Morgan fingerprint density at radius 2 is 2.00 bits per heavy atom. The Morgan fingerprint density at radius 1 is 1.09 bits per heavy atom. The van der Waals surface area contributed by atoms with Crippen LogP contribution in [0.2, 0.25) is 0 Å². The van der Waals surface area contributed by atoms with Gasteiger partial charge in [0.1, 0.15) is 11.8 Å². The molecule has 1 aliphatic heterocycles. The Morgan fingerprint density at radius 3 is 2.88 bits per heavy atom. The molecule has 0 bridgehead atoms. The number of terminal acetylenes is 1. The molecule has 164 valence electrons. The van der Waals surface area contributed by atoms with Gasteiger partial charge in [-0.25, -0.2) is 15.0 Å². The van der Waals surface area contributed by atoms with Crippen LogP contribution in [0.1, 0.15) is 22.3 Å². The number of hydrogen-bond acceptors (Lipinski definition) is 6. The Kier molecular flexibility index (Phi) is 5.59. The van der Waals surface area contributed by atoms with Crippen LogP contribution in [0.5, 0.6) is 0 Å². The van der Waals surface area contributed by atoms with Crippen LogP contribution in [0, 0.1) is 12.3 Å². The number of nitrogens with zero attached hydrogens (tertiary/aromatic N) is 5. The molecule has 0 saturated carbocycles. The number of benzene rings is 2. The van der Waals surface area contributed by atoms with Crippen molar-refractivity contribution in [3.05, 3.63) is 66.1 Å². The average molecular weight is 437 g/mol. The fraction of sp³-hybridized carbons (Fsp3) is 0.231. The van der Waals surface area contributed by atoms with Crippen molar-refractivity contribution >= 4 is 39.2 Å². The molecule has 0 atom stereocenters. The van der Waals surface area contributed by atoms with Gasteiger partial charge in [-0.1, -0.05) is 18.1 Å². The van der Waals surface area contributed by atoms with Gasteiger partial charge in [-0.3, -0.25) is 4.79 Å². The van der Waals surface area contributed by atoms with Gasteiger partial charge in [-0.05, 0) is 50.3 Å². The second-order valence-corrected chi connectivity index (χ2v) is 8.28. The highest BCUT2D eigenvalue weighted by atomic mass is 16.2. The van der Waals surface area contributed by atoms with Crippen molar-refractivity contribution < 1.29 is 4.79 Å². The van der Waals surface area contributed by atoms with Gasteiger partial charge in [0.25, 0.3) is 5.91 Å². The smallest absolute Gasteiger partial charge is 0.253 e. The summed E-state index contributed by atoms with van der Waals surface area (Å²) >= 11 is 0. The molecule has 0 unspecified atom stereocenters. The topological polar surface area (TPSA) is 74.2 Å². The van der Waals surface area contributed by atoms with E-state index in [1.807, 2.05) is 47.4 Å². The van der Waals surface area contributed by atoms with E-state index in [0.29, 0.717) is 22.4 Å². The Balaban J connectivity index is 1.56. The molecule has 1 amide bonds. The molecule has 2 aromatic heterocycles. The van der Waals surface area contributed by atoms with Crippen LogP contribution < -0.4 is 5.32 Å². The lowest BCUT2D eigenvalue weighted by Crippen LogP contribution is -2.34. The lowest BCUT2D eigenvalue weighted by molar-refractivity contribution is 0.0763. The molecule has 1 N–H and O–H groups in total. The average Bonchev–Trinajstić information content (AvgIpc) is 3.08. The largest absolute Gasteiger partial charge is 0.338 e. The number of nitrogens with one attached hydrogen (secondary N) is 1. The summed E-state index contributed by atoms with van der Waals surface area (Å²) in [5.41, 5.74) is 3.65. The van der Waals surface area contributed by atoms with E-state index in [2.05, 4.69) is 33.2 Å². The number of likely N-dealkylation sites (N-methyl/N-ethyl adjacent to an activating group) is 1. The molecule has 0 radical (unpaired) electrons. The minimum absolute atomic E-state index is 0.0367. The van der Waals surface area contributed by atoms with Crippen LogP contribution in [0.3, 0.4) is 0 Å². The third kappa shape index (κ3) is 4.21. The number of anilines is 2. The summed E-state index contributed by atoms with van der Waals surface area (Å²) in [5, 5.41) is 5.11. The molecule has 5 rings (SSSR count). The maximum atomic E-state index is 13.2. The van der Waals surface area contributed by atoms with E-state index < -0.39 is 0 Å². The van der Waals surface area contributed by atoms with Gasteiger partial charge in [0.15, 0.2) is 5.82 Å². The molecular weight excluding hydrogens is 412 g/mol. The van der Waals surface area contributed by atoms with Gasteiger partial charge >= 0.3 is 0 Å². The van der Waals surface area contributed by atoms with E-state index in [9.17, 15) is 4.79 Å². The molecule has 2 aromatic carbocycles. The van der Waals surface area contributed by atoms with E-state index in [1.165, 1.54) is 6.33 Å².